The maximum atomic E-state index is 13.6. The molecule has 0 aliphatic heterocycles. The molecule has 2 aromatic rings. The largest absolute Gasteiger partial charge is 0.481 e. The predicted octanol–water partition coefficient (Wildman–Crippen LogP) is 8.15. The minimum atomic E-state index is -2.15. The van der Waals surface area contributed by atoms with Gasteiger partial charge in [-0.1, -0.05) is 66.7 Å². The molecule has 42 heavy (non-hydrogen) atoms. The topological polar surface area (TPSA) is 102 Å². The Labute approximate surface area is 254 Å². The molecule has 1 aromatic carbocycles. The number of benzene rings is 1. The smallest absolute Gasteiger partial charge is 0.303 e. The molecule has 0 saturated carbocycles. The summed E-state index contributed by atoms with van der Waals surface area (Å²) in [6, 6.07) is 5.95. The average molecular weight is 601 g/mol. The quantitative estimate of drug-likeness (QED) is 0.115. The Morgan fingerprint density at radius 3 is 2.36 bits per heavy atom. The number of hydrogen-bond donors (Lipinski definition) is 2. The molecule has 0 amide bonds. The molecule has 0 aliphatic rings. The van der Waals surface area contributed by atoms with Gasteiger partial charge in [0.2, 0.25) is 0 Å². The second-order valence-electron chi connectivity index (χ2n) is 14.4. The third-order valence-corrected chi connectivity index (χ3v) is 13.9. The molecule has 7 nitrogen and oxygen atoms in total. The SMILES string of the molecule is Cc1nc2cc([C@@H](O)C/C=C/CCC[C@H](C)[C@H](O[Si](C)(C)C(C)(C)C)[C@@H](C)C(=O)C(C)(C)CCC(=O)O)ccc2n1C. The molecule has 8 heteroatoms. The van der Waals surface area contributed by atoms with Gasteiger partial charge in [-0.05, 0) is 80.8 Å². The van der Waals surface area contributed by atoms with E-state index in [9.17, 15) is 19.8 Å². The van der Waals surface area contributed by atoms with E-state index in [1.807, 2.05) is 63.6 Å². The van der Waals surface area contributed by atoms with Crippen LogP contribution in [0.4, 0.5) is 0 Å². The van der Waals surface area contributed by atoms with Gasteiger partial charge in [0.1, 0.15) is 11.6 Å². The number of fused-ring (bicyclic) bond motifs is 1. The molecule has 0 bridgehead atoms. The number of carbonyl (C=O) groups is 2. The number of rotatable bonds is 16. The van der Waals surface area contributed by atoms with Crippen LogP contribution in [-0.4, -0.2) is 45.9 Å². The highest BCUT2D eigenvalue weighted by Gasteiger charge is 2.44. The first-order valence-electron chi connectivity index (χ1n) is 15.5. The van der Waals surface area contributed by atoms with Crippen LogP contribution in [0.25, 0.3) is 11.0 Å². The van der Waals surface area contributed by atoms with Crippen LogP contribution < -0.4 is 0 Å². The zero-order valence-corrected chi connectivity index (χ0v) is 29.0. The van der Waals surface area contributed by atoms with Crippen molar-refractivity contribution in [1.82, 2.24) is 9.55 Å². The first kappa shape index (κ1) is 35.9. The van der Waals surface area contributed by atoms with Crippen molar-refractivity contribution in [2.24, 2.45) is 24.3 Å². The Hall–Kier alpha value is -2.29. The van der Waals surface area contributed by atoms with E-state index in [0.29, 0.717) is 12.8 Å². The summed E-state index contributed by atoms with van der Waals surface area (Å²) in [7, 11) is -0.159. The number of carboxylic acid groups (broad SMARTS) is 1. The molecule has 2 rings (SSSR count). The Morgan fingerprint density at radius 2 is 1.76 bits per heavy atom. The summed E-state index contributed by atoms with van der Waals surface area (Å²) in [5, 5.41) is 19.9. The van der Waals surface area contributed by atoms with Crippen molar-refractivity contribution in [3.63, 3.8) is 0 Å². The number of hydrogen-bond acceptors (Lipinski definition) is 5. The van der Waals surface area contributed by atoms with Gasteiger partial charge in [-0.25, -0.2) is 4.98 Å². The summed E-state index contributed by atoms with van der Waals surface area (Å²) < 4.78 is 8.96. The fourth-order valence-electron chi connectivity index (χ4n) is 5.28. The number of imidazole rings is 1. The van der Waals surface area contributed by atoms with E-state index in [2.05, 4.69) is 51.8 Å². The normalized spacial score (nSPS) is 16.1. The Bertz CT molecular complexity index is 1240. The number of nitrogens with zero attached hydrogens (tertiary/aromatic N) is 2. The number of aliphatic hydroxyl groups is 1. The van der Waals surface area contributed by atoms with Crippen molar-refractivity contribution in [2.45, 2.75) is 124 Å². The van der Waals surface area contributed by atoms with E-state index < -0.39 is 25.8 Å². The van der Waals surface area contributed by atoms with Crippen molar-refractivity contribution in [3.8, 4) is 0 Å². The molecule has 0 fully saturated rings. The van der Waals surface area contributed by atoms with Crippen molar-refractivity contribution >= 4 is 31.1 Å². The third-order valence-electron chi connectivity index (χ3n) is 9.40. The minimum absolute atomic E-state index is 0.00999. The van der Waals surface area contributed by atoms with E-state index in [1.165, 1.54) is 0 Å². The van der Waals surface area contributed by atoms with Gasteiger partial charge in [-0.15, -0.1) is 0 Å². The van der Waals surface area contributed by atoms with Gasteiger partial charge in [0.25, 0.3) is 0 Å². The summed E-state index contributed by atoms with van der Waals surface area (Å²) in [5.41, 5.74) is 2.10. The van der Waals surface area contributed by atoms with Crippen molar-refractivity contribution in [2.75, 3.05) is 0 Å². The monoisotopic (exact) mass is 600 g/mol. The summed E-state index contributed by atoms with van der Waals surface area (Å²) in [6.45, 7) is 20.9. The third kappa shape index (κ3) is 9.35. The Balaban J connectivity index is 2.02. The molecule has 1 heterocycles. The lowest BCUT2D eigenvalue weighted by atomic mass is 9.74. The van der Waals surface area contributed by atoms with E-state index in [-0.39, 0.29) is 35.2 Å². The lowest BCUT2D eigenvalue weighted by molar-refractivity contribution is -0.139. The van der Waals surface area contributed by atoms with Gasteiger partial charge in [0.05, 0.1) is 23.2 Å². The number of aromatic nitrogens is 2. The van der Waals surface area contributed by atoms with Gasteiger partial charge in [0, 0.05) is 24.8 Å². The summed E-state index contributed by atoms with van der Waals surface area (Å²) >= 11 is 0. The number of aryl methyl sites for hydroxylation is 2. The molecular formula is C34H56N2O5Si. The average Bonchev–Trinajstić information content (AvgIpc) is 3.18. The van der Waals surface area contributed by atoms with Gasteiger partial charge < -0.3 is 19.2 Å². The van der Waals surface area contributed by atoms with E-state index in [1.54, 1.807) is 0 Å². The maximum Gasteiger partial charge on any atom is 0.303 e. The summed E-state index contributed by atoms with van der Waals surface area (Å²) in [4.78, 5) is 29.4. The maximum absolute atomic E-state index is 13.6. The summed E-state index contributed by atoms with van der Waals surface area (Å²) in [6.07, 6.45) is 6.96. The zero-order chi connectivity index (χ0) is 32.0. The number of aliphatic carboxylic acids is 1. The Morgan fingerprint density at radius 1 is 1.12 bits per heavy atom. The van der Waals surface area contributed by atoms with Crippen LogP contribution in [0.5, 0.6) is 0 Å². The molecule has 0 radical (unpaired) electrons. The molecule has 1 aromatic heterocycles. The van der Waals surface area contributed by atoms with Gasteiger partial charge in [-0.2, -0.15) is 0 Å². The number of carbonyl (C=O) groups excluding carboxylic acids is 1. The number of carboxylic acids is 1. The van der Waals surface area contributed by atoms with Crippen LogP contribution in [-0.2, 0) is 21.1 Å². The molecule has 2 N–H and O–H groups in total. The lowest BCUT2D eigenvalue weighted by Gasteiger charge is -2.43. The predicted molar refractivity (Wildman–Crippen MR) is 174 cm³/mol. The standard InChI is InChI=1S/C34H56N2O5Si/c1-23(16-14-12-13-15-17-29(37)26-18-19-28-27(22-26)35-25(3)36(28)9)31(41-42(10,11)33(4,5)6)24(2)32(40)34(7,8)21-20-30(38)39/h13,15,18-19,22-24,29,31,37H,12,14,16-17,20-21H2,1-11H3,(H,38,39)/b15-13+/t23-,24+,29-,31-/m0/s1. The lowest BCUT2D eigenvalue weighted by Crippen LogP contribution is -2.50. The first-order valence-corrected chi connectivity index (χ1v) is 18.4. The molecular weight excluding hydrogens is 544 g/mol. The van der Waals surface area contributed by atoms with E-state index in [0.717, 1.165) is 41.7 Å². The van der Waals surface area contributed by atoms with Crippen LogP contribution in [0.3, 0.4) is 0 Å². The van der Waals surface area contributed by atoms with Gasteiger partial charge >= 0.3 is 5.97 Å². The molecule has 0 saturated heterocycles. The molecule has 0 unspecified atom stereocenters. The molecule has 4 atom stereocenters. The Kier molecular flexibility index (Phi) is 12.4. The molecule has 0 aliphatic carbocycles. The highest BCUT2D eigenvalue weighted by molar-refractivity contribution is 6.74. The van der Waals surface area contributed by atoms with Gasteiger partial charge in [0.15, 0.2) is 8.32 Å². The van der Waals surface area contributed by atoms with E-state index >= 15 is 0 Å². The minimum Gasteiger partial charge on any atom is -0.481 e. The highest BCUT2D eigenvalue weighted by atomic mass is 28.4. The second-order valence-corrected chi connectivity index (χ2v) is 19.1. The number of allylic oxidation sites excluding steroid dienone is 1. The van der Waals surface area contributed by atoms with Crippen molar-refractivity contribution < 1.29 is 24.2 Å². The van der Waals surface area contributed by atoms with Crippen LogP contribution >= 0.6 is 0 Å². The number of Topliss-reactive ketones (excluding diaryl/α,β-unsaturated/α-hetero) is 1. The molecule has 236 valence electrons. The van der Waals surface area contributed by atoms with Crippen LogP contribution in [0.1, 0.15) is 104 Å². The number of aliphatic hydroxyl groups excluding tert-OH is 1. The van der Waals surface area contributed by atoms with Crippen LogP contribution in [0.15, 0.2) is 30.4 Å². The van der Waals surface area contributed by atoms with Crippen molar-refractivity contribution in [1.29, 1.82) is 0 Å². The number of ketones is 1. The van der Waals surface area contributed by atoms with Crippen molar-refractivity contribution in [3.05, 3.63) is 41.7 Å². The summed E-state index contributed by atoms with van der Waals surface area (Å²) in [5.74, 6) is -0.0174. The zero-order valence-electron chi connectivity index (χ0n) is 28.0. The van der Waals surface area contributed by atoms with E-state index in [4.69, 9.17) is 4.43 Å². The first-order chi connectivity index (χ1) is 19.3. The fourth-order valence-corrected chi connectivity index (χ4v) is 6.75. The van der Waals surface area contributed by atoms with Crippen LogP contribution in [0, 0.1) is 24.2 Å². The molecule has 0 spiro atoms. The fraction of sp³-hybridized carbons (Fsp3) is 0.676. The van der Waals surface area contributed by atoms with Gasteiger partial charge in [-0.3, -0.25) is 9.59 Å². The highest BCUT2D eigenvalue weighted by Crippen LogP contribution is 2.41. The number of unbranched alkanes of at least 4 members (excludes halogenated alkanes) is 1. The van der Waals surface area contributed by atoms with Crippen LogP contribution in [0.2, 0.25) is 18.1 Å². The second kappa shape index (κ2) is 14.5.